The van der Waals surface area contributed by atoms with Crippen molar-refractivity contribution in [3.8, 4) is 6.07 Å². The van der Waals surface area contributed by atoms with E-state index < -0.39 is 39.7 Å². The van der Waals surface area contributed by atoms with Gasteiger partial charge in [0.1, 0.15) is 17.0 Å². The molecule has 0 saturated carbocycles. The summed E-state index contributed by atoms with van der Waals surface area (Å²) in [4.78, 5) is 49.6. The van der Waals surface area contributed by atoms with Gasteiger partial charge < -0.3 is 0 Å². The van der Waals surface area contributed by atoms with Crippen LogP contribution in [0.4, 0.5) is 5.69 Å². The van der Waals surface area contributed by atoms with E-state index in [1.165, 1.54) is 42.5 Å². The molecule has 4 amide bonds. The number of anilines is 1. The molecule has 2 aromatic rings. The zero-order valence-corrected chi connectivity index (χ0v) is 16.6. The molecule has 1 fully saturated rings. The summed E-state index contributed by atoms with van der Waals surface area (Å²) in [6.07, 6.45) is 0.00767. The van der Waals surface area contributed by atoms with Gasteiger partial charge in [0, 0.05) is 12.1 Å². The van der Waals surface area contributed by atoms with Crippen LogP contribution in [0.5, 0.6) is 0 Å². The number of nitrogens with zero attached hydrogens (tertiary/aromatic N) is 2. The number of fused-ring (bicyclic) bond motifs is 1. The van der Waals surface area contributed by atoms with E-state index in [0.29, 0.717) is 0 Å². The van der Waals surface area contributed by atoms with Gasteiger partial charge in [-0.05, 0) is 36.8 Å². The van der Waals surface area contributed by atoms with Crippen LogP contribution in [0.3, 0.4) is 0 Å². The second kappa shape index (κ2) is 7.33. The number of carbonyl (C=O) groups excluding carboxylic acids is 4. The van der Waals surface area contributed by atoms with E-state index >= 15 is 0 Å². The zero-order valence-electron chi connectivity index (χ0n) is 15.8. The monoisotopic (exact) mass is 438 g/mol. The Hall–Kier alpha value is -4.04. The lowest BCUT2D eigenvalue weighted by Gasteiger charge is -2.27. The first kappa shape index (κ1) is 20.2. The van der Waals surface area contributed by atoms with Crippen molar-refractivity contribution in [3.63, 3.8) is 0 Å². The summed E-state index contributed by atoms with van der Waals surface area (Å²) < 4.78 is 27.7. The average Bonchev–Trinajstić information content (AvgIpc) is 2.98. The predicted octanol–water partition coefficient (Wildman–Crippen LogP) is 0.760. The predicted molar refractivity (Wildman–Crippen MR) is 105 cm³/mol. The molecule has 0 radical (unpaired) electrons. The maximum atomic E-state index is 12.8. The van der Waals surface area contributed by atoms with Gasteiger partial charge in [-0.15, -0.1) is 0 Å². The number of nitrogens with one attached hydrogen (secondary N) is 2. The van der Waals surface area contributed by atoms with Crippen molar-refractivity contribution in [1.82, 2.24) is 10.2 Å². The minimum Gasteiger partial charge on any atom is -0.295 e. The molecule has 11 heteroatoms. The first-order chi connectivity index (χ1) is 14.7. The Balaban J connectivity index is 1.64. The van der Waals surface area contributed by atoms with Crippen LogP contribution in [-0.4, -0.2) is 43.0 Å². The molecule has 2 aliphatic rings. The van der Waals surface area contributed by atoms with Crippen molar-refractivity contribution in [2.45, 2.75) is 23.8 Å². The Bertz CT molecular complexity index is 1310. The lowest BCUT2D eigenvalue weighted by atomic mass is 10.0. The fourth-order valence-corrected chi connectivity index (χ4v) is 4.75. The molecule has 1 saturated heterocycles. The number of rotatable bonds is 4. The second-order valence-corrected chi connectivity index (χ2v) is 8.57. The number of piperidine rings is 1. The Morgan fingerprint density at radius 3 is 2.45 bits per heavy atom. The Morgan fingerprint density at radius 2 is 1.74 bits per heavy atom. The summed E-state index contributed by atoms with van der Waals surface area (Å²) in [5.74, 6) is -2.67. The number of imide groups is 2. The second-order valence-electron chi connectivity index (χ2n) is 6.92. The number of carbonyl (C=O) groups is 4. The van der Waals surface area contributed by atoms with Gasteiger partial charge in [-0.1, -0.05) is 12.1 Å². The minimum absolute atomic E-state index is 0.00678. The summed E-state index contributed by atoms with van der Waals surface area (Å²) in [5, 5.41) is 11.2. The summed E-state index contributed by atoms with van der Waals surface area (Å²) in [6, 6.07) is 10.1. The van der Waals surface area contributed by atoms with Crippen molar-refractivity contribution >= 4 is 39.3 Å². The van der Waals surface area contributed by atoms with E-state index in [-0.39, 0.29) is 40.1 Å². The summed E-state index contributed by atoms with van der Waals surface area (Å²) in [6.45, 7) is 0. The number of sulfonamides is 1. The molecule has 2 N–H and O–H groups in total. The molecule has 10 nitrogen and oxygen atoms in total. The summed E-state index contributed by atoms with van der Waals surface area (Å²) >= 11 is 0. The van der Waals surface area contributed by atoms with E-state index in [9.17, 15) is 27.6 Å². The first-order valence-electron chi connectivity index (χ1n) is 9.10. The molecular formula is C20H14N4O6S. The first-order valence-corrected chi connectivity index (χ1v) is 10.6. The van der Waals surface area contributed by atoms with Crippen molar-refractivity contribution in [1.29, 1.82) is 5.26 Å². The van der Waals surface area contributed by atoms with Crippen LogP contribution in [0.2, 0.25) is 0 Å². The van der Waals surface area contributed by atoms with Crippen molar-refractivity contribution in [3.05, 3.63) is 59.2 Å². The molecule has 1 unspecified atom stereocenters. The molecule has 1 atom stereocenters. The smallest absolute Gasteiger partial charge is 0.263 e. The van der Waals surface area contributed by atoms with E-state index in [4.69, 9.17) is 5.26 Å². The Kier molecular flexibility index (Phi) is 4.79. The normalized spacial score (nSPS) is 18.4. The third-order valence-electron chi connectivity index (χ3n) is 4.99. The molecule has 2 heterocycles. The highest BCUT2D eigenvalue weighted by Gasteiger charge is 2.44. The van der Waals surface area contributed by atoms with E-state index in [0.717, 1.165) is 4.90 Å². The molecule has 0 aliphatic carbocycles. The minimum atomic E-state index is -4.14. The van der Waals surface area contributed by atoms with Crippen LogP contribution in [0.1, 0.15) is 39.1 Å². The number of hydrogen-bond donors (Lipinski definition) is 2. The number of benzene rings is 2. The Morgan fingerprint density at radius 1 is 1.03 bits per heavy atom. The highest BCUT2D eigenvalue weighted by Crippen LogP contribution is 2.30. The molecule has 0 spiro atoms. The number of nitriles is 1. The van der Waals surface area contributed by atoms with Gasteiger partial charge in [0.05, 0.1) is 16.7 Å². The van der Waals surface area contributed by atoms with Gasteiger partial charge >= 0.3 is 0 Å². The molecule has 2 aromatic carbocycles. The fraction of sp³-hybridized carbons (Fsp3) is 0.150. The number of hydrogen-bond acceptors (Lipinski definition) is 7. The highest BCUT2D eigenvalue weighted by molar-refractivity contribution is 7.92. The third kappa shape index (κ3) is 3.43. The zero-order chi connectivity index (χ0) is 22.3. The van der Waals surface area contributed by atoms with Crippen molar-refractivity contribution in [2.75, 3.05) is 4.72 Å². The molecular weight excluding hydrogens is 424 g/mol. The van der Waals surface area contributed by atoms with E-state index in [1.807, 2.05) is 0 Å². The largest absolute Gasteiger partial charge is 0.295 e. The molecule has 31 heavy (non-hydrogen) atoms. The quantitative estimate of drug-likeness (QED) is 0.668. The summed E-state index contributed by atoms with van der Waals surface area (Å²) in [5.41, 5.74) is -0.0808. The standard InChI is InChI=1S/C20H14N4O6S/c21-10-11-3-1-2-4-16(11)31(29,30)23-12-5-6-13-14(9-12)20(28)24(19(13)27)15-7-8-17(25)22-18(15)26/h1-6,9,15,23H,7-8H2,(H,22,25,26). The Labute approximate surface area is 176 Å². The lowest BCUT2D eigenvalue weighted by molar-refractivity contribution is -0.136. The molecule has 4 rings (SSSR count). The third-order valence-corrected chi connectivity index (χ3v) is 6.43. The average molecular weight is 438 g/mol. The van der Waals surface area contributed by atoms with Gasteiger partial charge in [-0.25, -0.2) is 8.42 Å². The van der Waals surface area contributed by atoms with Gasteiger partial charge in [-0.2, -0.15) is 5.26 Å². The topological polar surface area (TPSA) is 154 Å². The van der Waals surface area contributed by atoms with Gasteiger partial charge in [0.25, 0.3) is 21.8 Å². The number of amides is 4. The van der Waals surface area contributed by atoms with Gasteiger partial charge in [-0.3, -0.25) is 34.1 Å². The van der Waals surface area contributed by atoms with Gasteiger partial charge in [0.2, 0.25) is 11.8 Å². The molecule has 2 aliphatic heterocycles. The SMILES string of the molecule is N#Cc1ccccc1S(=O)(=O)Nc1ccc2c(c1)C(=O)N(C1CCC(=O)NC1=O)C2=O. The highest BCUT2D eigenvalue weighted by atomic mass is 32.2. The van der Waals surface area contributed by atoms with Crippen LogP contribution >= 0.6 is 0 Å². The van der Waals surface area contributed by atoms with E-state index in [2.05, 4.69) is 10.0 Å². The fourth-order valence-electron chi connectivity index (χ4n) is 3.54. The van der Waals surface area contributed by atoms with Crippen LogP contribution < -0.4 is 10.0 Å². The molecule has 0 aromatic heterocycles. The van der Waals surface area contributed by atoms with Crippen molar-refractivity contribution in [2.24, 2.45) is 0 Å². The molecule has 0 bridgehead atoms. The lowest BCUT2D eigenvalue weighted by Crippen LogP contribution is -2.54. The maximum Gasteiger partial charge on any atom is 0.263 e. The van der Waals surface area contributed by atoms with Gasteiger partial charge in [0.15, 0.2) is 0 Å². The van der Waals surface area contributed by atoms with Crippen LogP contribution in [0.25, 0.3) is 0 Å². The maximum absolute atomic E-state index is 12.8. The molecule has 156 valence electrons. The van der Waals surface area contributed by atoms with E-state index in [1.54, 1.807) is 6.07 Å². The summed E-state index contributed by atoms with van der Waals surface area (Å²) in [7, 11) is -4.14. The van der Waals surface area contributed by atoms with Crippen molar-refractivity contribution < 1.29 is 27.6 Å². The van der Waals surface area contributed by atoms with Crippen LogP contribution in [-0.2, 0) is 19.6 Å². The van der Waals surface area contributed by atoms with Crippen LogP contribution in [0.15, 0.2) is 47.4 Å². The van der Waals surface area contributed by atoms with Crippen LogP contribution in [0, 0.1) is 11.3 Å².